The topological polar surface area (TPSA) is 102 Å². The van der Waals surface area contributed by atoms with E-state index in [1.54, 1.807) is 18.3 Å². The van der Waals surface area contributed by atoms with Gasteiger partial charge in [-0.15, -0.1) is 0 Å². The lowest BCUT2D eigenvalue weighted by atomic mass is 9.91. The van der Waals surface area contributed by atoms with Crippen molar-refractivity contribution in [1.29, 1.82) is 0 Å². The average Bonchev–Trinajstić information content (AvgIpc) is 3.17. The maximum atomic E-state index is 10.1. The number of ether oxygens (including phenoxy) is 1. The van der Waals surface area contributed by atoms with Crippen LogP contribution >= 0.6 is 0 Å². The van der Waals surface area contributed by atoms with Gasteiger partial charge < -0.3 is 23.9 Å². The van der Waals surface area contributed by atoms with Crippen molar-refractivity contribution >= 4 is 6.08 Å². The fraction of sp³-hybridized carbons (Fsp3) is 0.529. The molecule has 7 nitrogen and oxygen atoms in total. The summed E-state index contributed by atoms with van der Waals surface area (Å²) >= 11 is 0. The first-order valence-corrected chi connectivity index (χ1v) is 7.98. The highest BCUT2D eigenvalue weighted by molar-refractivity contribution is 5.52. The van der Waals surface area contributed by atoms with Crippen LogP contribution < -0.4 is 0 Å². The van der Waals surface area contributed by atoms with Crippen LogP contribution in [0.15, 0.2) is 26.8 Å². The molecule has 0 aromatic carbocycles. The molecule has 24 heavy (non-hydrogen) atoms. The quantitative estimate of drug-likeness (QED) is 0.883. The molecule has 1 aliphatic heterocycles. The Morgan fingerprint density at radius 2 is 2.12 bits per heavy atom. The third-order valence-electron chi connectivity index (χ3n) is 4.17. The first kappa shape index (κ1) is 16.9. The molecule has 3 rings (SSSR count). The molecule has 4 atom stereocenters. The summed E-state index contributed by atoms with van der Waals surface area (Å²) in [4.78, 5) is 4.20. The van der Waals surface area contributed by atoms with Crippen molar-refractivity contribution < 1.29 is 23.9 Å². The lowest BCUT2D eigenvalue weighted by molar-refractivity contribution is -0.159. The minimum atomic E-state index is -0.894. The van der Waals surface area contributed by atoms with Gasteiger partial charge in [0.2, 0.25) is 11.7 Å². The van der Waals surface area contributed by atoms with Gasteiger partial charge >= 0.3 is 0 Å². The Hall–Kier alpha value is -1.96. The predicted molar refractivity (Wildman–Crippen MR) is 85.9 cm³/mol. The standard InChI is InChI=1S/C17H22N2O5/c1-9(4-13-17(21)16(20)10(2)8-22-13)5-15-18-7-14(23-15)12-6-11(3)19-24-12/h5-7,10,13,16-17,20-21H,4,8H2,1-3H3/b9-5+/t10-,13+,16-,17+/m1/s1. The molecular formula is C17H22N2O5. The number of aliphatic hydroxyl groups is 2. The molecule has 1 fully saturated rings. The van der Waals surface area contributed by atoms with Gasteiger partial charge in [0.1, 0.15) is 6.10 Å². The molecule has 130 valence electrons. The van der Waals surface area contributed by atoms with Crippen molar-refractivity contribution in [3.05, 3.63) is 29.4 Å². The van der Waals surface area contributed by atoms with Gasteiger partial charge in [0, 0.05) is 12.0 Å². The van der Waals surface area contributed by atoms with Gasteiger partial charge in [-0.05, 0) is 26.3 Å². The second kappa shape index (κ2) is 6.88. The molecule has 1 aliphatic rings. The highest BCUT2D eigenvalue weighted by Gasteiger charge is 2.35. The summed E-state index contributed by atoms with van der Waals surface area (Å²) in [5.41, 5.74) is 1.70. The Balaban J connectivity index is 1.67. The van der Waals surface area contributed by atoms with Gasteiger partial charge in [-0.2, -0.15) is 0 Å². The molecule has 2 aromatic rings. The summed E-state index contributed by atoms with van der Waals surface area (Å²) in [6, 6.07) is 1.77. The van der Waals surface area contributed by atoms with E-state index in [9.17, 15) is 10.2 Å². The molecule has 0 amide bonds. The Labute approximate surface area is 139 Å². The number of hydrogen-bond donors (Lipinski definition) is 2. The third-order valence-corrected chi connectivity index (χ3v) is 4.17. The minimum absolute atomic E-state index is 0.0693. The molecule has 2 aromatic heterocycles. The van der Waals surface area contributed by atoms with Gasteiger partial charge in [-0.25, -0.2) is 4.98 Å². The molecule has 7 heteroatoms. The van der Waals surface area contributed by atoms with Crippen molar-refractivity contribution in [3.8, 4) is 11.5 Å². The van der Waals surface area contributed by atoms with E-state index in [1.165, 1.54) is 0 Å². The minimum Gasteiger partial charge on any atom is -0.433 e. The van der Waals surface area contributed by atoms with E-state index in [-0.39, 0.29) is 5.92 Å². The maximum Gasteiger partial charge on any atom is 0.219 e. The normalized spacial score (nSPS) is 28.3. The van der Waals surface area contributed by atoms with E-state index in [1.807, 2.05) is 20.8 Å². The lowest BCUT2D eigenvalue weighted by Crippen LogP contribution is -2.49. The number of hydrogen-bond acceptors (Lipinski definition) is 7. The SMILES string of the molecule is C/C(=C\c1ncc(-c2cc(C)no2)o1)C[C@@H]1OC[C@@H](C)[C@@H](O)[C@H]1O. The fourth-order valence-electron chi connectivity index (χ4n) is 2.74. The van der Waals surface area contributed by atoms with Crippen molar-refractivity contribution in [1.82, 2.24) is 10.1 Å². The van der Waals surface area contributed by atoms with E-state index < -0.39 is 18.3 Å². The molecule has 2 N–H and O–H groups in total. The molecule has 3 heterocycles. The van der Waals surface area contributed by atoms with Crippen molar-refractivity contribution in [3.63, 3.8) is 0 Å². The molecule has 0 spiro atoms. The average molecular weight is 334 g/mol. The number of aromatic nitrogens is 2. The maximum absolute atomic E-state index is 10.1. The summed E-state index contributed by atoms with van der Waals surface area (Å²) < 4.78 is 16.4. The summed E-state index contributed by atoms with van der Waals surface area (Å²) in [5.74, 6) is 1.41. The lowest BCUT2D eigenvalue weighted by Gasteiger charge is -2.36. The second-order valence-corrected chi connectivity index (χ2v) is 6.42. The van der Waals surface area contributed by atoms with Crippen LogP contribution in [0, 0.1) is 12.8 Å². The fourth-order valence-corrected chi connectivity index (χ4v) is 2.74. The second-order valence-electron chi connectivity index (χ2n) is 6.42. The predicted octanol–water partition coefficient (Wildman–Crippen LogP) is 2.19. The molecular weight excluding hydrogens is 312 g/mol. The third kappa shape index (κ3) is 3.58. The summed E-state index contributed by atoms with van der Waals surface area (Å²) in [6.45, 7) is 6.03. The van der Waals surface area contributed by atoms with Gasteiger partial charge in [0.25, 0.3) is 0 Å². The van der Waals surface area contributed by atoms with Gasteiger partial charge in [0.05, 0.1) is 30.7 Å². The molecule has 0 unspecified atom stereocenters. The van der Waals surface area contributed by atoms with Crippen LogP contribution in [-0.4, -0.2) is 45.3 Å². The summed E-state index contributed by atoms with van der Waals surface area (Å²) in [6.07, 6.45) is 1.76. The number of aliphatic hydroxyl groups excluding tert-OH is 2. The molecule has 0 radical (unpaired) electrons. The smallest absolute Gasteiger partial charge is 0.219 e. The van der Waals surface area contributed by atoms with Crippen LogP contribution in [0.1, 0.15) is 31.9 Å². The number of oxazole rings is 1. The Kier molecular flexibility index (Phi) is 4.84. The zero-order valence-corrected chi connectivity index (χ0v) is 14.0. The summed E-state index contributed by atoms with van der Waals surface area (Å²) in [7, 11) is 0. The van der Waals surface area contributed by atoms with Crippen LogP contribution in [0.5, 0.6) is 0 Å². The monoisotopic (exact) mass is 334 g/mol. The van der Waals surface area contributed by atoms with Gasteiger partial charge in [-0.3, -0.25) is 0 Å². The highest BCUT2D eigenvalue weighted by Crippen LogP contribution is 2.26. The van der Waals surface area contributed by atoms with E-state index in [2.05, 4.69) is 10.1 Å². The number of rotatable bonds is 4. The van der Waals surface area contributed by atoms with Crippen molar-refractivity contribution in [2.24, 2.45) is 5.92 Å². The van der Waals surface area contributed by atoms with E-state index in [0.717, 1.165) is 11.3 Å². The largest absolute Gasteiger partial charge is 0.433 e. The number of nitrogens with zero attached hydrogens (tertiary/aromatic N) is 2. The van der Waals surface area contributed by atoms with Crippen LogP contribution in [0.4, 0.5) is 0 Å². The van der Waals surface area contributed by atoms with Crippen LogP contribution in [-0.2, 0) is 4.74 Å². The van der Waals surface area contributed by atoms with Gasteiger partial charge in [-0.1, -0.05) is 17.7 Å². The zero-order valence-electron chi connectivity index (χ0n) is 14.0. The Morgan fingerprint density at radius 1 is 1.33 bits per heavy atom. The molecule has 0 saturated carbocycles. The molecule has 0 aliphatic carbocycles. The van der Waals surface area contributed by atoms with E-state index in [0.29, 0.717) is 30.4 Å². The molecule has 0 bridgehead atoms. The first-order chi connectivity index (χ1) is 11.4. The van der Waals surface area contributed by atoms with Crippen LogP contribution in [0.25, 0.3) is 17.6 Å². The van der Waals surface area contributed by atoms with Crippen molar-refractivity contribution in [2.45, 2.75) is 45.5 Å². The zero-order chi connectivity index (χ0) is 17.3. The van der Waals surface area contributed by atoms with E-state index >= 15 is 0 Å². The van der Waals surface area contributed by atoms with E-state index in [4.69, 9.17) is 13.7 Å². The van der Waals surface area contributed by atoms with Gasteiger partial charge in [0.15, 0.2) is 5.76 Å². The Bertz CT molecular complexity index is 720. The van der Waals surface area contributed by atoms with Crippen LogP contribution in [0.3, 0.4) is 0 Å². The molecule has 1 saturated heterocycles. The first-order valence-electron chi connectivity index (χ1n) is 7.98. The van der Waals surface area contributed by atoms with Crippen LogP contribution in [0.2, 0.25) is 0 Å². The van der Waals surface area contributed by atoms with Crippen molar-refractivity contribution in [2.75, 3.05) is 6.61 Å². The summed E-state index contributed by atoms with van der Waals surface area (Å²) in [5, 5.41) is 23.9. The number of aryl methyl sites for hydroxylation is 1. The highest BCUT2D eigenvalue weighted by atomic mass is 16.5. The Morgan fingerprint density at radius 3 is 2.83 bits per heavy atom.